The normalized spacial score (nSPS) is 21.0. The van der Waals surface area contributed by atoms with E-state index in [9.17, 15) is 9.59 Å². The third kappa shape index (κ3) is 2.60. The van der Waals surface area contributed by atoms with Crippen molar-refractivity contribution in [3.05, 3.63) is 0 Å². The molecule has 0 radical (unpaired) electrons. The molecule has 1 aromatic heterocycles. The van der Waals surface area contributed by atoms with Gasteiger partial charge in [0.15, 0.2) is 0 Å². The van der Waals surface area contributed by atoms with Crippen LogP contribution in [0.15, 0.2) is 4.63 Å². The number of hydrogen-bond acceptors (Lipinski definition) is 6. The molecule has 102 valence electrons. The molecule has 0 aromatic carbocycles. The standard InChI is InChI=1S/C9H15N3O6/c1-6(13)16-7(2)17-12-11(18-12)10-5-3-4-8(10)9(14)15/h7-8H,3-5H2,1-2H3,(H,14,15)/t7?,8-,11?,12?/m0/s1. The predicted octanol–water partition coefficient (Wildman–Crippen LogP) is -0.595. The van der Waals surface area contributed by atoms with Crippen LogP contribution >= 0.6 is 0 Å². The Morgan fingerprint density at radius 2 is 2.22 bits per heavy atom. The molecule has 1 N–H and O–H groups in total. The van der Waals surface area contributed by atoms with Crippen LogP contribution < -0.4 is 9.85 Å². The zero-order valence-corrected chi connectivity index (χ0v) is 10.1. The summed E-state index contributed by atoms with van der Waals surface area (Å²) in [7, 11) is 0. The first kappa shape index (κ1) is 12.4. The van der Waals surface area contributed by atoms with Crippen LogP contribution in [-0.2, 0) is 14.3 Å². The number of aliphatic carboxylic acids is 1. The maximum atomic E-state index is 11.0. The lowest BCUT2D eigenvalue weighted by atomic mass is 10.2. The SMILES string of the molecule is CC(=O)OC(C)On1on1N1CCC[C@H]1C(=O)O. The van der Waals surface area contributed by atoms with Gasteiger partial charge in [0.1, 0.15) is 11.1 Å². The van der Waals surface area contributed by atoms with E-state index in [4.69, 9.17) is 19.3 Å². The number of hydrogen-bond donors (Lipinski definition) is 1. The maximum Gasteiger partial charge on any atom is 0.328 e. The number of carboxylic acids is 1. The van der Waals surface area contributed by atoms with Crippen LogP contribution in [0.2, 0.25) is 0 Å². The van der Waals surface area contributed by atoms with Gasteiger partial charge in [-0.25, -0.2) is 9.80 Å². The van der Waals surface area contributed by atoms with E-state index in [1.54, 1.807) is 0 Å². The molecule has 2 rings (SSSR count). The third-order valence-corrected chi connectivity index (χ3v) is 2.56. The fraction of sp³-hybridized carbons (Fsp3) is 0.778. The van der Waals surface area contributed by atoms with Crippen molar-refractivity contribution in [2.75, 3.05) is 11.6 Å². The summed E-state index contributed by atoms with van der Waals surface area (Å²) in [6.07, 6.45) is 0.519. The highest BCUT2D eigenvalue weighted by Gasteiger charge is 2.37. The monoisotopic (exact) mass is 261 g/mol. The van der Waals surface area contributed by atoms with Crippen molar-refractivity contribution in [2.45, 2.75) is 39.0 Å². The van der Waals surface area contributed by atoms with Gasteiger partial charge >= 0.3 is 11.9 Å². The molecule has 0 amide bonds. The Labute approximate surface area is 102 Å². The third-order valence-electron chi connectivity index (χ3n) is 2.56. The molecular weight excluding hydrogens is 246 g/mol. The van der Waals surface area contributed by atoms with E-state index in [0.29, 0.717) is 13.0 Å². The van der Waals surface area contributed by atoms with Crippen molar-refractivity contribution in [2.24, 2.45) is 0 Å². The molecule has 1 aliphatic rings. The minimum absolute atomic E-state index is 0.472. The number of carbonyl (C=O) groups excluding carboxylic acids is 1. The van der Waals surface area contributed by atoms with Gasteiger partial charge in [-0.3, -0.25) is 4.79 Å². The van der Waals surface area contributed by atoms with Crippen LogP contribution in [0, 0.1) is 0 Å². The zero-order chi connectivity index (χ0) is 13.3. The Hall–Kier alpha value is -2.06. The fourth-order valence-corrected chi connectivity index (χ4v) is 1.84. The topological polar surface area (TPSA) is 99.1 Å². The second-order valence-electron chi connectivity index (χ2n) is 4.01. The summed E-state index contributed by atoms with van der Waals surface area (Å²) in [5, 5.41) is 11.5. The molecule has 1 fully saturated rings. The summed E-state index contributed by atoms with van der Waals surface area (Å²) in [4.78, 5) is 27.9. The van der Waals surface area contributed by atoms with Crippen molar-refractivity contribution in [3.8, 4) is 0 Å². The lowest BCUT2D eigenvalue weighted by Crippen LogP contribution is -2.42. The van der Waals surface area contributed by atoms with Gasteiger partial charge in [-0.15, -0.1) is 0 Å². The molecule has 1 aliphatic heterocycles. The van der Waals surface area contributed by atoms with E-state index in [1.165, 1.54) is 23.8 Å². The lowest BCUT2D eigenvalue weighted by Gasteiger charge is -2.15. The highest BCUT2D eigenvalue weighted by Crippen LogP contribution is 2.17. The molecule has 1 saturated heterocycles. The lowest BCUT2D eigenvalue weighted by molar-refractivity contribution is -0.178. The van der Waals surface area contributed by atoms with E-state index < -0.39 is 24.3 Å². The molecule has 9 nitrogen and oxygen atoms in total. The first-order valence-electron chi connectivity index (χ1n) is 5.60. The van der Waals surface area contributed by atoms with Crippen molar-refractivity contribution < 1.29 is 28.9 Å². The first-order chi connectivity index (χ1) is 8.49. The van der Waals surface area contributed by atoms with Gasteiger partial charge in [0.2, 0.25) is 0 Å². The van der Waals surface area contributed by atoms with Crippen LogP contribution in [0.3, 0.4) is 0 Å². The van der Waals surface area contributed by atoms with Crippen molar-refractivity contribution in [1.29, 1.82) is 0 Å². The molecule has 0 spiro atoms. The van der Waals surface area contributed by atoms with Crippen LogP contribution in [-0.4, -0.2) is 45.9 Å². The van der Waals surface area contributed by atoms with E-state index in [2.05, 4.69) is 0 Å². The van der Waals surface area contributed by atoms with Gasteiger partial charge in [-0.2, -0.15) is 4.63 Å². The van der Waals surface area contributed by atoms with Crippen molar-refractivity contribution in [1.82, 2.24) is 9.98 Å². The summed E-state index contributed by atoms with van der Waals surface area (Å²) in [6.45, 7) is 3.36. The molecule has 1 unspecified atom stereocenters. The number of aromatic nitrogens is 2. The van der Waals surface area contributed by atoms with E-state index in [1.807, 2.05) is 0 Å². The fourth-order valence-electron chi connectivity index (χ4n) is 1.84. The average Bonchev–Trinajstić information content (AvgIpc) is 2.83. The molecule has 9 heteroatoms. The second-order valence-corrected chi connectivity index (χ2v) is 4.01. The largest absolute Gasteiger partial charge is 0.480 e. The van der Waals surface area contributed by atoms with E-state index in [0.717, 1.165) is 11.4 Å². The highest BCUT2D eigenvalue weighted by atomic mass is 17.0. The molecule has 1 aromatic rings. The van der Waals surface area contributed by atoms with Crippen LogP contribution in [0.25, 0.3) is 0 Å². The quantitative estimate of drug-likeness (QED) is 0.558. The van der Waals surface area contributed by atoms with Gasteiger partial charge in [0, 0.05) is 20.4 Å². The molecule has 0 aliphatic carbocycles. The molecule has 2 heterocycles. The Bertz CT molecular complexity index is 433. The van der Waals surface area contributed by atoms with Crippen LogP contribution in [0.4, 0.5) is 0 Å². The Morgan fingerprint density at radius 1 is 1.50 bits per heavy atom. The highest BCUT2D eigenvalue weighted by molar-refractivity contribution is 5.75. The van der Waals surface area contributed by atoms with Gasteiger partial charge < -0.3 is 14.7 Å². The minimum atomic E-state index is -0.906. The smallest absolute Gasteiger partial charge is 0.328 e. The average molecular weight is 261 g/mol. The van der Waals surface area contributed by atoms with Gasteiger partial charge in [0.25, 0.3) is 6.29 Å². The number of nitrogens with zero attached hydrogens (tertiary/aromatic N) is 3. The second kappa shape index (κ2) is 4.67. The number of carboxylic acid groups (broad SMARTS) is 1. The number of carbonyl (C=O) groups is 2. The minimum Gasteiger partial charge on any atom is -0.480 e. The van der Waals surface area contributed by atoms with Gasteiger partial charge in [0.05, 0.1) is 4.96 Å². The molecular formula is C9H15N3O6. The number of ether oxygens (including phenoxy) is 1. The molecule has 0 saturated carbocycles. The van der Waals surface area contributed by atoms with E-state index >= 15 is 0 Å². The van der Waals surface area contributed by atoms with Crippen LogP contribution in [0.5, 0.6) is 0 Å². The van der Waals surface area contributed by atoms with E-state index in [-0.39, 0.29) is 0 Å². The molecule has 2 atom stereocenters. The number of rotatable bonds is 5. The molecule has 18 heavy (non-hydrogen) atoms. The van der Waals surface area contributed by atoms with Crippen LogP contribution in [0.1, 0.15) is 26.7 Å². The Kier molecular flexibility index (Phi) is 3.21. The van der Waals surface area contributed by atoms with Crippen molar-refractivity contribution >= 4 is 11.9 Å². The summed E-state index contributed by atoms with van der Waals surface area (Å²) < 4.78 is 9.69. The summed E-state index contributed by atoms with van der Waals surface area (Å²) in [6, 6.07) is -0.623. The first-order valence-corrected chi connectivity index (χ1v) is 5.60. The zero-order valence-electron chi connectivity index (χ0n) is 10.1. The van der Waals surface area contributed by atoms with Crippen molar-refractivity contribution in [3.63, 3.8) is 0 Å². The summed E-state index contributed by atoms with van der Waals surface area (Å²) >= 11 is 0. The van der Waals surface area contributed by atoms with Gasteiger partial charge in [-0.05, 0) is 12.8 Å². The predicted molar refractivity (Wildman–Crippen MR) is 56.2 cm³/mol. The Morgan fingerprint density at radius 3 is 2.83 bits per heavy atom. The summed E-state index contributed by atoms with van der Waals surface area (Å²) in [5.74, 6) is -1.38. The summed E-state index contributed by atoms with van der Waals surface area (Å²) in [5.41, 5.74) is 0. The van der Waals surface area contributed by atoms with Gasteiger partial charge in [-0.1, -0.05) is 0 Å². The maximum absolute atomic E-state index is 11.0. The molecule has 0 bridgehead atoms. The Balaban J connectivity index is 1.90. The number of esters is 1.